The summed E-state index contributed by atoms with van der Waals surface area (Å²) >= 11 is 6.05. The van der Waals surface area contributed by atoms with Gasteiger partial charge in [-0.15, -0.1) is 0 Å². The summed E-state index contributed by atoms with van der Waals surface area (Å²) in [6.07, 6.45) is 6.93. The van der Waals surface area contributed by atoms with Crippen molar-refractivity contribution in [3.63, 3.8) is 0 Å². The number of Topliss-reactive ketones (excluding diaryl/α,β-unsaturated/α-hetero) is 1. The smallest absolute Gasteiger partial charge is 0.309 e. The molecule has 56 heavy (non-hydrogen) atoms. The van der Waals surface area contributed by atoms with Gasteiger partial charge in [0.15, 0.2) is 5.78 Å². The highest BCUT2D eigenvalue weighted by molar-refractivity contribution is 6.30. The molecule has 1 aromatic carbocycles. The van der Waals surface area contributed by atoms with Crippen molar-refractivity contribution in [3.8, 4) is 0 Å². The predicted molar refractivity (Wildman–Crippen MR) is 217 cm³/mol. The Kier molecular flexibility index (Phi) is 10.6. The van der Waals surface area contributed by atoms with Crippen molar-refractivity contribution in [2.24, 2.45) is 50.7 Å². The van der Waals surface area contributed by atoms with Crippen LogP contribution < -0.4 is 10.6 Å². The van der Waals surface area contributed by atoms with Gasteiger partial charge < -0.3 is 20.5 Å². The number of allylic oxidation sites excluding steroid dienone is 1. The molecular weight excluding hydrogens is 728 g/mol. The van der Waals surface area contributed by atoms with Crippen LogP contribution in [0.15, 0.2) is 35.4 Å². The van der Waals surface area contributed by atoms with E-state index >= 15 is 0 Å². The van der Waals surface area contributed by atoms with Gasteiger partial charge in [-0.25, -0.2) is 0 Å². The predicted octanol–water partition coefficient (Wildman–Crippen LogP) is 9.11. The molecule has 9 nitrogen and oxygen atoms in total. The van der Waals surface area contributed by atoms with Gasteiger partial charge in [0.25, 0.3) is 5.91 Å². The van der Waals surface area contributed by atoms with Crippen LogP contribution in [0.25, 0.3) is 0 Å². The lowest BCUT2D eigenvalue weighted by Gasteiger charge is -2.72. The number of carbonyl (C=O) groups is 5. The molecule has 308 valence electrons. The standard InChI is InChI=1S/C46H65ClN2O7/c1-26(2)35-30(50)24-46(49-38(53)42(7,8)48-37(52)27-12-14-28(47)15-13-27)23-22-44(10)29(36(35)46)16-17-32-43(9)20-19-33(56-34(51)25-40(3,4)39(54)55)41(5,6)31(43)18-21-45(32,44)11/h12-15,26,29,31-33H,16-25H2,1-11H3,(H,48,52)(H,49,53)(H,54,55)/t29-,31+,32-,33+,43+,44-,45-,46-/m1/s1. The normalized spacial score (nSPS) is 35.1. The van der Waals surface area contributed by atoms with E-state index in [1.165, 1.54) is 0 Å². The largest absolute Gasteiger partial charge is 0.481 e. The van der Waals surface area contributed by atoms with E-state index in [-0.39, 0.29) is 70.0 Å². The van der Waals surface area contributed by atoms with Gasteiger partial charge in [-0.05, 0) is 154 Å². The van der Waals surface area contributed by atoms with Gasteiger partial charge in [-0.1, -0.05) is 60.1 Å². The van der Waals surface area contributed by atoms with Crippen LogP contribution >= 0.6 is 11.6 Å². The molecule has 0 aromatic heterocycles. The first kappa shape index (κ1) is 42.4. The molecule has 8 atom stereocenters. The zero-order valence-corrected chi connectivity index (χ0v) is 36.3. The molecule has 0 spiro atoms. The minimum Gasteiger partial charge on any atom is -0.481 e. The highest BCUT2D eigenvalue weighted by Crippen LogP contribution is 2.76. The van der Waals surface area contributed by atoms with Crippen molar-refractivity contribution in [1.29, 1.82) is 0 Å². The number of rotatable bonds is 9. The van der Waals surface area contributed by atoms with Crippen LogP contribution in [-0.4, -0.2) is 51.8 Å². The first-order valence-electron chi connectivity index (χ1n) is 20.9. The van der Waals surface area contributed by atoms with Crippen LogP contribution in [0, 0.1) is 50.7 Å². The van der Waals surface area contributed by atoms with Crippen molar-refractivity contribution < 1.29 is 33.8 Å². The number of carboxylic acids is 1. The van der Waals surface area contributed by atoms with Gasteiger partial charge in [-0.3, -0.25) is 24.0 Å². The maximum atomic E-state index is 14.3. The number of nitrogens with one attached hydrogen (secondary N) is 2. The first-order chi connectivity index (χ1) is 25.8. The second kappa shape index (κ2) is 14.0. The highest BCUT2D eigenvalue weighted by Gasteiger charge is 2.70. The van der Waals surface area contributed by atoms with Crippen LogP contribution in [0.3, 0.4) is 0 Å². The second-order valence-corrected chi connectivity index (χ2v) is 21.5. The molecule has 4 saturated carbocycles. The number of aliphatic carboxylic acids is 1. The molecule has 1 aromatic rings. The number of fused-ring (bicyclic) bond motifs is 7. The SMILES string of the molecule is CC(C)C1=C2[C@H]3CC[C@@H]4[C@@]5(C)CC[C@H](OC(=O)CC(C)(C)C(=O)O)C(C)(C)[C@@H]5CC[C@@]4(C)[C@]3(C)CC[C@@]2(NC(=O)C(C)(C)NC(=O)c2ccc(Cl)cc2)CC1=O. The number of ketones is 1. The van der Waals surface area contributed by atoms with E-state index in [1.807, 2.05) is 0 Å². The second-order valence-electron chi connectivity index (χ2n) is 21.0. The van der Waals surface area contributed by atoms with Crippen molar-refractivity contribution >= 4 is 41.1 Å². The van der Waals surface area contributed by atoms with Crippen molar-refractivity contribution in [2.45, 2.75) is 158 Å². The molecule has 5 aliphatic rings. The number of esters is 1. The van der Waals surface area contributed by atoms with Gasteiger partial charge in [0.1, 0.15) is 11.6 Å². The fourth-order valence-corrected chi connectivity index (χ4v) is 13.1. The average Bonchev–Trinajstić information content (AvgIpc) is 3.37. The first-order valence-corrected chi connectivity index (χ1v) is 21.2. The van der Waals surface area contributed by atoms with Crippen LogP contribution in [0.5, 0.6) is 0 Å². The summed E-state index contributed by atoms with van der Waals surface area (Å²) in [4.78, 5) is 66.6. The third-order valence-corrected chi connectivity index (χ3v) is 16.5. The quantitative estimate of drug-likeness (QED) is 0.212. The van der Waals surface area contributed by atoms with Gasteiger partial charge in [-0.2, -0.15) is 0 Å². The number of benzene rings is 1. The Labute approximate surface area is 338 Å². The molecule has 10 heteroatoms. The molecule has 0 radical (unpaired) electrons. The summed E-state index contributed by atoms with van der Waals surface area (Å²) in [5.74, 6) is -1.15. The maximum absolute atomic E-state index is 14.3. The molecule has 0 aliphatic heterocycles. The maximum Gasteiger partial charge on any atom is 0.309 e. The number of halogens is 1. The van der Waals surface area contributed by atoms with Crippen LogP contribution in [0.1, 0.15) is 151 Å². The zero-order valence-electron chi connectivity index (χ0n) is 35.5. The van der Waals surface area contributed by atoms with E-state index in [2.05, 4.69) is 59.1 Å². The van der Waals surface area contributed by atoms with Gasteiger partial charge in [0.2, 0.25) is 5.91 Å². The Morgan fingerprint density at radius 1 is 0.875 bits per heavy atom. The molecule has 6 rings (SSSR count). The van der Waals surface area contributed by atoms with E-state index in [0.29, 0.717) is 28.8 Å². The Hall–Kier alpha value is -3.20. The van der Waals surface area contributed by atoms with Crippen LogP contribution in [0.2, 0.25) is 5.02 Å². The lowest BCUT2D eigenvalue weighted by Crippen LogP contribution is -2.68. The Balaban J connectivity index is 1.27. The Bertz CT molecular complexity index is 1850. The fourth-order valence-electron chi connectivity index (χ4n) is 13.0. The third-order valence-electron chi connectivity index (χ3n) is 16.3. The van der Waals surface area contributed by atoms with Crippen LogP contribution in [0.4, 0.5) is 0 Å². The monoisotopic (exact) mass is 792 g/mol. The summed E-state index contributed by atoms with van der Waals surface area (Å²) in [6.45, 7) is 22.7. The number of amides is 2. The minimum absolute atomic E-state index is 0.00352. The Morgan fingerprint density at radius 2 is 1.52 bits per heavy atom. The van der Waals surface area contributed by atoms with Crippen molar-refractivity contribution in [1.82, 2.24) is 10.6 Å². The minimum atomic E-state index is -1.25. The van der Waals surface area contributed by atoms with Crippen LogP contribution in [-0.2, 0) is 23.9 Å². The average molecular weight is 793 g/mol. The third kappa shape index (κ3) is 6.63. The number of hydrogen-bond acceptors (Lipinski definition) is 6. The lowest BCUT2D eigenvalue weighted by molar-refractivity contribution is -0.232. The summed E-state index contributed by atoms with van der Waals surface area (Å²) in [5.41, 5.74) is -1.26. The van der Waals surface area contributed by atoms with Crippen molar-refractivity contribution in [2.75, 3.05) is 0 Å². The summed E-state index contributed by atoms with van der Waals surface area (Å²) in [6, 6.07) is 6.56. The van der Waals surface area contributed by atoms with E-state index in [4.69, 9.17) is 16.3 Å². The highest BCUT2D eigenvalue weighted by atomic mass is 35.5. The topological polar surface area (TPSA) is 139 Å². The summed E-state index contributed by atoms with van der Waals surface area (Å²) in [5, 5.41) is 16.5. The molecule has 0 unspecified atom stereocenters. The van der Waals surface area contributed by atoms with Gasteiger partial charge >= 0.3 is 11.9 Å². The van der Waals surface area contributed by atoms with E-state index in [0.717, 1.165) is 56.1 Å². The zero-order chi connectivity index (χ0) is 41.6. The molecule has 4 fully saturated rings. The molecule has 0 saturated heterocycles. The Morgan fingerprint density at radius 3 is 2.12 bits per heavy atom. The number of carbonyl (C=O) groups excluding carboxylic acids is 4. The van der Waals surface area contributed by atoms with E-state index in [9.17, 15) is 29.1 Å². The molecule has 2 amide bonds. The molecule has 0 bridgehead atoms. The molecule has 3 N–H and O–H groups in total. The fraction of sp³-hybridized carbons (Fsp3) is 0.717. The lowest BCUT2D eigenvalue weighted by atomic mass is 9.33. The summed E-state index contributed by atoms with van der Waals surface area (Å²) in [7, 11) is 0. The molecule has 0 heterocycles. The van der Waals surface area contributed by atoms with Crippen molar-refractivity contribution in [3.05, 3.63) is 46.0 Å². The molecule has 5 aliphatic carbocycles. The molecular formula is C46H65ClN2O7. The summed E-state index contributed by atoms with van der Waals surface area (Å²) < 4.78 is 6.16. The van der Waals surface area contributed by atoms with E-state index in [1.54, 1.807) is 52.0 Å². The van der Waals surface area contributed by atoms with Gasteiger partial charge in [0, 0.05) is 22.4 Å². The van der Waals surface area contributed by atoms with Gasteiger partial charge in [0.05, 0.1) is 17.4 Å². The van der Waals surface area contributed by atoms with E-state index < -0.39 is 28.4 Å². The number of hydrogen-bond donors (Lipinski definition) is 3. The number of carboxylic acid groups (broad SMARTS) is 1. The number of ether oxygens (including phenoxy) is 1.